The summed E-state index contributed by atoms with van der Waals surface area (Å²) in [7, 11) is 0. The molecule has 0 saturated carbocycles. The highest BCUT2D eigenvalue weighted by Crippen LogP contribution is 2.25. The summed E-state index contributed by atoms with van der Waals surface area (Å²) in [6, 6.07) is 14.0. The van der Waals surface area contributed by atoms with E-state index in [2.05, 4.69) is 25.2 Å². The summed E-state index contributed by atoms with van der Waals surface area (Å²) < 4.78 is 0. The maximum atomic E-state index is 6.02. The summed E-state index contributed by atoms with van der Waals surface area (Å²) in [5.41, 5.74) is 8.72. The van der Waals surface area contributed by atoms with Gasteiger partial charge >= 0.3 is 0 Å². The van der Waals surface area contributed by atoms with E-state index in [-0.39, 0.29) is 12.1 Å². The lowest BCUT2D eigenvalue weighted by atomic mass is 10.0. The van der Waals surface area contributed by atoms with Crippen molar-refractivity contribution in [2.75, 3.05) is 5.73 Å². The molecule has 0 aliphatic carbocycles. The lowest BCUT2D eigenvalue weighted by Gasteiger charge is -2.21. The number of nitrogens with one attached hydrogen (secondary N) is 1. The molecule has 106 valence electrons. The number of nitrogen functional groups attached to an aromatic ring is 1. The van der Waals surface area contributed by atoms with Crippen molar-refractivity contribution in [1.82, 2.24) is 5.32 Å². The monoisotopic (exact) mass is 308 g/mol. The molecule has 0 fully saturated rings. The molecule has 0 saturated heterocycles. The molecule has 3 N–H and O–H groups in total. The molecular formula is C16H18Cl2N2. The third kappa shape index (κ3) is 3.66. The van der Waals surface area contributed by atoms with E-state index in [4.69, 9.17) is 28.9 Å². The third-order valence-electron chi connectivity index (χ3n) is 3.37. The predicted octanol–water partition coefficient (Wildman–Crippen LogP) is 4.99. The number of halogens is 2. The van der Waals surface area contributed by atoms with Crippen LogP contribution in [0.5, 0.6) is 0 Å². The zero-order valence-electron chi connectivity index (χ0n) is 11.5. The Bertz CT molecular complexity index is 599. The van der Waals surface area contributed by atoms with Gasteiger partial charge in [-0.15, -0.1) is 0 Å². The van der Waals surface area contributed by atoms with Gasteiger partial charge in [0, 0.05) is 17.1 Å². The van der Waals surface area contributed by atoms with Crippen LogP contribution in [-0.4, -0.2) is 0 Å². The highest BCUT2D eigenvalue weighted by Gasteiger charge is 2.12. The van der Waals surface area contributed by atoms with Crippen LogP contribution in [0.1, 0.15) is 37.1 Å². The molecular weight excluding hydrogens is 291 g/mol. The van der Waals surface area contributed by atoms with Gasteiger partial charge in [0.1, 0.15) is 0 Å². The van der Waals surface area contributed by atoms with Gasteiger partial charge in [0.25, 0.3) is 0 Å². The zero-order valence-corrected chi connectivity index (χ0v) is 13.0. The first kappa shape index (κ1) is 15.2. The van der Waals surface area contributed by atoms with Crippen molar-refractivity contribution >= 4 is 28.9 Å². The SMILES string of the molecule is CC(NC(C)c1ccc(Cl)c(N)c1)c1cccc(Cl)c1. The Kier molecular flexibility index (Phi) is 4.92. The summed E-state index contributed by atoms with van der Waals surface area (Å²) in [6.45, 7) is 4.21. The predicted molar refractivity (Wildman–Crippen MR) is 87.3 cm³/mol. The largest absolute Gasteiger partial charge is 0.398 e. The average Bonchev–Trinajstić information content (AvgIpc) is 2.41. The van der Waals surface area contributed by atoms with Crippen LogP contribution in [0.3, 0.4) is 0 Å². The quantitative estimate of drug-likeness (QED) is 0.781. The Morgan fingerprint density at radius 1 is 0.950 bits per heavy atom. The van der Waals surface area contributed by atoms with Crippen LogP contribution in [0.2, 0.25) is 10.0 Å². The summed E-state index contributed by atoms with van der Waals surface area (Å²) in [5.74, 6) is 0. The van der Waals surface area contributed by atoms with Crippen LogP contribution in [0, 0.1) is 0 Å². The van der Waals surface area contributed by atoms with E-state index in [1.54, 1.807) is 0 Å². The van der Waals surface area contributed by atoms with Crippen molar-refractivity contribution < 1.29 is 0 Å². The minimum absolute atomic E-state index is 0.170. The van der Waals surface area contributed by atoms with Gasteiger partial charge in [0.15, 0.2) is 0 Å². The standard InChI is InChI=1S/C16H18Cl2N2/c1-10(12-4-3-5-14(17)8-12)20-11(2)13-6-7-15(18)16(19)9-13/h3-11,20H,19H2,1-2H3. The van der Waals surface area contributed by atoms with Crippen LogP contribution >= 0.6 is 23.2 Å². The van der Waals surface area contributed by atoms with Gasteiger partial charge in [-0.2, -0.15) is 0 Å². The van der Waals surface area contributed by atoms with Crippen LogP contribution < -0.4 is 11.1 Å². The second-order valence-electron chi connectivity index (χ2n) is 4.95. The fourth-order valence-corrected chi connectivity index (χ4v) is 2.49. The van der Waals surface area contributed by atoms with Gasteiger partial charge in [0.05, 0.1) is 10.7 Å². The molecule has 2 rings (SSSR count). The second kappa shape index (κ2) is 6.49. The molecule has 0 aliphatic heterocycles. The topological polar surface area (TPSA) is 38.0 Å². The van der Waals surface area contributed by atoms with Crippen molar-refractivity contribution in [2.45, 2.75) is 25.9 Å². The van der Waals surface area contributed by atoms with Crippen molar-refractivity contribution in [2.24, 2.45) is 0 Å². The number of rotatable bonds is 4. The third-order valence-corrected chi connectivity index (χ3v) is 3.95. The molecule has 4 heteroatoms. The van der Waals surface area contributed by atoms with Crippen molar-refractivity contribution in [3.8, 4) is 0 Å². The number of nitrogens with two attached hydrogens (primary N) is 1. The van der Waals surface area contributed by atoms with Gasteiger partial charge in [-0.3, -0.25) is 0 Å². The van der Waals surface area contributed by atoms with E-state index in [9.17, 15) is 0 Å². The van der Waals surface area contributed by atoms with E-state index in [1.807, 2.05) is 36.4 Å². The fraction of sp³-hybridized carbons (Fsp3) is 0.250. The lowest BCUT2D eigenvalue weighted by Crippen LogP contribution is -2.22. The first-order valence-corrected chi connectivity index (χ1v) is 7.29. The molecule has 0 heterocycles. The van der Waals surface area contributed by atoms with Crippen molar-refractivity contribution in [1.29, 1.82) is 0 Å². The maximum absolute atomic E-state index is 6.02. The zero-order chi connectivity index (χ0) is 14.7. The molecule has 0 aromatic heterocycles. The molecule has 2 unspecified atom stereocenters. The normalized spacial score (nSPS) is 14.0. The number of hydrogen-bond donors (Lipinski definition) is 2. The summed E-state index contributed by atoms with van der Waals surface area (Å²) in [4.78, 5) is 0. The summed E-state index contributed by atoms with van der Waals surface area (Å²) in [5, 5.41) is 4.87. The van der Waals surface area contributed by atoms with E-state index in [1.165, 1.54) is 0 Å². The molecule has 2 aromatic rings. The fourth-order valence-electron chi connectivity index (χ4n) is 2.17. The molecule has 2 nitrogen and oxygen atoms in total. The Labute approximate surface area is 129 Å². The summed E-state index contributed by atoms with van der Waals surface area (Å²) in [6.07, 6.45) is 0. The van der Waals surface area contributed by atoms with Crippen LogP contribution in [0.15, 0.2) is 42.5 Å². The smallest absolute Gasteiger partial charge is 0.0635 e. The van der Waals surface area contributed by atoms with E-state index >= 15 is 0 Å². The Morgan fingerprint density at radius 2 is 1.60 bits per heavy atom. The minimum atomic E-state index is 0.170. The van der Waals surface area contributed by atoms with E-state index < -0.39 is 0 Å². The Balaban J connectivity index is 2.10. The molecule has 0 radical (unpaired) electrons. The van der Waals surface area contributed by atoms with E-state index in [0.717, 1.165) is 16.1 Å². The molecule has 2 aromatic carbocycles. The van der Waals surface area contributed by atoms with Gasteiger partial charge < -0.3 is 11.1 Å². The number of benzene rings is 2. The molecule has 20 heavy (non-hydrogen) atoms. The lowest BCUT2D eigenvalue weighted by molar-refractivity contribution is 0.495. The van der Waals surface area contributed by atoms with Gasteiger partial charge in [-0.25, -0.2) is 0 Å². The molecule has 0 spiro atoms. The maximum Gasteiger partial charge on any atom is 0.0635 e. The first-order valence-electron chi connectivity index (χ1n) is 6.54. The van der Waals surface area contributed by atoms with Crippen LogP contribution in [0.4, 0.5) is 5.69 Å². The summed E-state index contributed by atoms with van der Waals surface area (Å²) >= 11 is 12.0. The van der Waals surface area contributed by atoms with Crippen LogP contribution in [-0.2, 0) is 0 Å². The average molecular weight is 309 g/mol. The van der Waals surface area contributed by atoms with E-state index in [0.29, 0.717) is 10.7 Å². The molecule has 0 bridgehead atoms. The van der Waals surface area contributed by atoms with Crippen molar-refractivity contribution in [3.63, 3.8) is 0 Å². The van der Waals surface area contributed by atoms with Gasteiger partial charge in [-0.1, -0.05) is 41.4 Å². The molecule has 0 aliphatic rings. The molecule has 0 amide bonds. The Morgan fingerprint density at radius 3 is 2.20 bits per heavy atom. The number of hydrogen-bond acceptors (Lipinski definition) is 2. The van der Waals surface area contributed by atoms with Crippen LogP contribution in [0.25, 0.3) is 0 Å². The molecule has 2 atom stereocenters. The number of anilines is 1. The Hall–Kier alpha value is -1.22. The van der Waals surface area contributed by atoms with Gasteiger partial charge in [-0.05, 0) is 49.2 Å². The van der Waals surface area contributed by atoms with Crippen molar-refractivity contribution in [3.05, 3.63) is 63.6 Å². The highest BCUT2D eigenvalue weighted by atomic mass is 35.5. The van der Waals surface area contributed by atoms with Gasteiger partial charge in [0.2, 0.25) is 0 Å². The highest BCUT2D eigenvalue weighted by molar-refractivity contribution is 6.33. The first-order chi connectivity index (χ1) is 9.47. The minimum Gasteiger partial charge on any atom is -0.398 e. The second-order valence-corrected chi connectivity index (χ2v) is 5.79.